The summed E-state index contributed by atoms with van der Waals surface area (Å²) >= 11 is 1.89. The zero-order valence-corrected chi connectivity index (χ0v) is 11.4. The molecule has 0 saturated heterocycles. The second-order valence-corrected chi connectivity index (χ2v) is 5.22. The van der Waals surface area contributed by atoms with E-state index in [-0.39, 0.29) is 0 Å². The number of thioether (sulfide) groups is 1. The van der Waals surface area contributed by atoms with Gasteiger partial charge < -0.3 is 5.73 Å². The molecule has 0 spiro atoms. The second kappa shape index (κ2) is 6.16. The lowest BCUT2D eigenvalue weighted by Gasteiger charge is -2.30. The van der Waals surface area contributed by atoms with Crippen LogP contribution in [0.1, 0.15) is 25.5 Å². The van der Waals surface area contributed by atoms with E-state index in [0.29, 0.717) is 12.1 Å². The van der Waals surface area contributed by atoms with Gasteiger partial charge in [0.25, 0.3) is 0 Å². The molecule has 1 aromatic carbocycles. The van der Waals surface area contributed by atoms with Gasteiger partial charge in [-0.25, -0.2) is 0 Å². The van der Waals surface area contributed by atoms with E-state index in [1.54, 1.807) is 0 Å². The zero-order valence-electron chi connectivity index (χ0n) is 10.6. The molecule has 2 unspecified atom stereocenters. The first kappa shape index (κ1) is 13.4. The summed E-state index contributed by atoms with van der Waals surface area (Å²) in [5, 5.41) is 0. The predicted molar refractivity (Wildman–Crippen MR) is 74.9 cm³/mol. The number of nitrogens with two attached hydrogens (primary N) is 1. The van der Waals surface area contributed by atoms with Gasteiger partial charge in [0.05, 0.1) is 0 Å². The summed E-state index contributed by atoms with van der Waals surface area (Å²) in [4.78, 5) is 2.40. The van der Waals surface area contributed by atoms with E-state index in [1.807, 2.05) is 23.9 Å². The fourth-order valence-electron chi connectivity index (χ4n) is 1.75. The Labute approximate surface area is 103 Å². The molecule has 90 valence electrons. The Balaban J connectivity index is 2.69. The maximum atomic E-state index is 5.69. The summed E-state index contributed by atoms with van der Waals surface area (Å²) in [7, 11) is 2.18. The lowest BCUT2D eigenvalue weighted by Crippen LogP contribution is -2.33. The van der Waals surface area contributed by atoms with Crippen LogP contribution in [0.5, 0.6) is 0 Å². The third-order valence-electron chi connectivity index (χ3n) is 3.13. The van der Waals surface area contributed by atoms with Crippen LogP contribution in [0.15, 0.2) is 24.3 Å². The Hall–Kier alpha value is -0.670. The molecular weight excluding hydrogens is 216 g/mol. The molecule has 0 aliphatic carbocycles. The van der Waals surface area contributed by atoms with Crippen molar-refractivity contribution in [2.24, 2.45) is 0 Å². The van der Waals surface area contributed by atoms with E-state index in [1.165, 1.54) is 5.56 Å². The first-order valence-corrected chi connectivity index (χ1v) is 7.02. The zero-order chi connectivity index (χ0) is 12.1. The van der Waals surface area contributed by atoms with Crippen LogP contribution in [0.2, 0.25) is 0 Å². The van der Waals surface area contributed by atoms with Crippen molar-refractivity contribution in [1.29, 1.82) is 0 Å². The van der Waals surface area contributed by atoms with Crippen molar-refractivity contribution in [3.8, 4) is 0 Å². The maximum Gasteiger partial charge on any atom is 0.0320 e. The summed E-state index contributed by atoms with van der Waals surface area (Å²) in [5.41, 5.74) is 7.85. The van der Waals surface area contributed by atoms with Crippen LogP contribution in [0.25, 0.3) is 0 Å². The summed E-state index contributed by atoms with van der Waals surface area (Å²) in [6.45, 7) is 4.51. The Morgan fingerprint density at radius 1 is 1.25 bits per heavy atom. The first-order valence-electron chi connectivity index (χ1n) is 5.62. The number of rotatable bonds is 5. The molecule has 0 aromatic heterocycles. The highest BCUT2D eigenvalue weighted by atomic mass is 32.2. The van der Waals surface area contributed by atoms with Crippen molar-refractivity contribution in [3.63, 3.8) is 0 Å². The maximum absolute atomic E-state index is 5.69. The fourth-order valence-corrected chi connectivity index (χ4v) is 2.47. The van der Waals surface area contributed by atoms with Crippen molar-refractivity contribution < 1.29 is 0 Å². The highest BCUT2D eigenvalue weighted by Crippen LogP contribution is 2.22. The van der Waals surface area contributed by atoms with Crippen molar-refractivity contribution >= 4 is 17.4 Å². The van der Waals surface area contributed by atoms with Gasteiger partial charge in [-0.2, -0.15) is 11.8 Å². The number of nitrogens with zero attached hydrogens (tertiary/aromatic N) is 1. The average molecular weight is 238 g/mol. The number of hydrogen-bond acceptors (Lipinski definition) is 3. The van der Waals surface area contributed by atoms with Crippen LogP contribution in [-0.2, 0) is 0 Å². The smallest absolute Gasteiger partial charge is 0.0320 e. The number of benzene rings is 1. The van der Waals surface area contributed by atoms with Crippen LogP contribution in [0, 0.1) is 0 Å². The first-order chi connectivity index (χ1) is 7.56. The molecule has 0 bridgehead atoms. The SMILES string of the molecule is CSCC(C)N(C)C(C)c1ccc(N)cc1. The fraction of sp³-hybridized carbons (Fsp3) is 0.538. The molecule has 1 aromatic rings. The minimum Gasteiger partial charge on any atom is -0.399 e. The Bertz CT molecular complexity index is 310. The van der Waals surface area contributed by atoms with Gasteiger partial charge in [-0.05, 0) is 44.8 Å². The molecule has 16 heavy (non-hydrogen) atoms. The molecule has 2 nitrogen and oxygen atoms in total. The lowest BCUT2D eigenvalue weighted by molar-refractivity contribution is 0.213. The molecule has 2 N–H and O–H groups in total. The van der Waals surface area contributed by atoms with E-state index < -0.39 is 0 Å². The molecule has 0 aliphatic rings. The molecule has 0 saturated carbocycles. The number of anilines is 1. The predicted octanol–water partition coefficient (Wildman–Crippen LogP) is 3.01. The van der Waals surface area contributed by atoms with E-state index in [0.717, 1.165) is 11.4 Å². The summed E-state index contributed by atoms with van der Waals surface area (Å²) in [5.74, 6) is 1.16. The van der Waals surface area contributed by atoms with E-state index >= 15 is 0 Å². The summed E-state index contributed by atoms with van der Waals surface area (Å²) in [6, 6.07) is 9.19. The molecule has 0 amide bonds. The van der Waals surface area contributed by atoms with Gasteiger partial charge in [-0.1, -0.05) is 12.1 Å². The molecule has 0 radical (unpaired) electrons. The van der Waals surface area contributed by atoms with Crippen LogP contribution in [-0.4, -0.2) is 30.0 Å². The van der Waals surface area contributed by atoms with Gasteiger partial charge in [0.2, 0.25) is 0 Å². The third kappa shape index (κ3) is 3.42. The number of nitrogen functional groups attached to an aromatic ring is 1. The van der Waals surface area contributed by atoms with E-state index in [4.69, 9.17) is 5.73 Å². The van der Waals surface area contributed by atoms with Crippen molar-refractivity contribution in [1.82, 2.24) is 4.90 Å². The largest absolute Gasteiger partial charge is 0.399 e. The highest BCUT2D eigenvalue weighted by molar-refractivity contribution is 7.98. The normalized spacial score (nSPS) is 15.1. The van der Waals surface area contributed by atoms with E-state index in [9.17, 15) is 0 Å². The summed E-state index contributed by atoms with van der Waals surface area (Å²) < 4.78 is 0. The lowest BCUT2D eigenvalue weighted by atomic mass is 10.1. The Kier molecular flexibility index (Phi) is 5.16. The minimum atomic E-state index is 0.433. The van der Waals surface area contributed by atoms with E-state index in [2.05, 4.69) is 44.2 Å². The summed E-state index contributed by atoms with van der Waals surface area (Å²) in [6.07, 6.45) is 2.15. The van der Waals surface area contributed by atoms with Gasteiger partial charge >= 0.3 is 0 Å². The molecule has 0 fully saturated rings. The van der Waals surface area contributed by atoms with Gasteiger partial charge in [0.1, 0.15) is 0 Å². The number of hydrogen-bond donors (Lipinski definition) is 1. The van der Waals surface area contributed by atoms with Gasteiger partial charge in [-0.15, -0.1) is 0 Å². The Morgan fingerprint density at radius 3 is 2.31 bits per heavy atom. The third-order valence-corrected chi connectivity index (χ3v) is 3.95. The monoisotopic (exact) mass is 238 g/mol. The van der Waals surface area contributed by atoms with Crippen LogP contribution >= 0.6 is 11.8 Å². The second-order valence-electron chi connectivity index (χ2n) is 4.31. The van der Waals surface area contributed by atoms with Gasteiger partial charge in [-0.3, -0.25) is 4.90 Å². The van der Waals surface area contributed by atoms with Crippen molar-refractivity contribution in [2.45, 2.75) is 25.9 Å². The standard InChI is InChI=1S/C13H22N2S/c1-10(9-16-4)15(3)11(2)12-5-7-13(14)8-6-12/h5-8,10-11H,9,14H2,1-4H3. The highest BCUT2D eigenvalue weighted by Gasteiger charge is 2.16. The Morgan fingerprint density at radius 2 is 1.81 bits per heavy atom. The molecule has 0 heterocycles. The van der Waals surface area contributed by atoms with Crippen LogP contribution in [0.3, 0.4) is 0 Å². The van der Waals surface area contributed by atoms with Gasteiger partial charge in [0, 0.05) is 23.5 Å². The molecule has 3 heteroatoms. The molecular formula is C13H22N2S. The van der Waals surface area contributed by atoms with Gasteiger partial charge in [0.15, 0.2) is 0 Å². The molecule has 0 aliphatic heterocycles. The van der Waals surface area contributed by atoms with Crippen molar-refractivity contribution in [2.75, 3.05) is 24.8 Å². The topological polar surface area (TPSA) is 29.3 Å². The minimum absolute atomic E-state index is 0.433. The molecule has 1 rings (SSSR count). The molecule has 2 atom stereocenters. The van der Waals surface area contributed by atoms with Crippen LogP contribution < -0.4 is 5.73 Å². The van der Waals surface area contributed by atoms with Crippen LogP contribution in [0.4, 0.5) is 5.69 Å². The quantitative estimate of drug-likeness (QED) is 0.800. The average Bonchev–Trinajstić information content (AvgIpc) is 2.28. The van der Waals surface area contributed by atoms with Crippen molar-refractivity contribution in [3.05, 3.63) is 29.8 Å².